The molecule has 0 aliphatic heterocycles. The standard InChI is InChI=1S/C13H16F2N2O4/c1-21-5-4-17(8-13(19)20)7-12(18)16-11-6-9(14)2-3-10(11)15/h2-3,6H,4-5,7-8H2,1H3,(H,16,18)(H,19,20). The van der Waals surface area contributed by atoms with Crippen molar-refractivity contribution >= 4 is 17.6 Å². The highest BCUT2D eigenvalue weighted by Crippen LogP contribution is 2.15. The predicted molar refractivity (Wildman–Crippen MR) is 70.9 cm³/mol. The average molecular weight is 302 g/mol. The maximum atomic E-state index is 13.4. The Morgan fingerprint density at radius 2 is 2.05 bits per heavy atom. The lowest BCUT2D eigenvalue weighted by molar-refractivity contribution is -0.138. The number of carboxylic acids is 1. The van der Waals surface area contributed by atoms with Gasteiger partial charge in [-0.1, -0.05) is 0 Å². The van der Waals surface area contributed by atoms with Crippen LogP contribution in [0.25, 0.3) is 0 Å². The molecule has 1 aromatic carbocycles. The van der Waals surface area contributed by atoms with Crippen molar-refractivity contribution < 1.29 is 28.2 Å². The summed E-state index contributed by atoms with van der Waals surface area (Å²) in [5.41, 5.74) is -0.290. The number of nitrogens with zero attached hydrogens (tertiary/aromatic N) is 1. The van der Waals surface area contributed by atoms with Crippen LogP contribution in [0.5, 0.6) is 0 Å². The van der Waals surface area contributed by atoms with E-state index in [0.29, 0.717) is 0 Å². The van der Waals surface area contributed by atoms with Gasteiger partial charge in [0.05, 0.1) is 25.4 Å². The van der Waals surface area contributed by atoms with Crippen LogP contribution in [-0.4, -0.2) is 55.2 Å². The Hall–Kier alpha value is -2.06. The summed E-state index contributed by atoms with van der Waals surface area (Å²) in [7, 11) is 1.45. The summed E-state index contributed by atoms with van der Waals surface area (Å²) in [6.07, 6.45) is 0. The number of amides is 1. The molecule has 0 saturated heterocycles. The Morgan fingerprint density at radius 1 is 1.33 bits per heavy atom. The van der Waals surface area contributed by atoms with Gasteiger partial charge in [-0.05, 0) is 12.1 Å². The van der Waals surface area contributed by atoms with Crippen molar-refractivity contribution in [2.75, 3.05) is 38.7 Å². The van der Waals surface area contributed by atoms with E-state index < -0.39 is 23.5 Å². The van der Waals surface area contributed by atoms with Gasteiger partial charge in [-0.25, -0.2) is 8.78 Å². The topological polar surface area (TPSA) is 78.9 Å². The lowest BCUT2D eigenvalue weighted by Gasteiger charge is -2.19. The van der Waals surface area contributed by atoms with Crippen LogP contribution in [0.15, 0.2) is 18.2 Å². The highest BCUT2D eigenvalue weighted by Gasteiger charge is 2.15. The molecule has 0 atom stereocenters. The monoisotopic (exact) mass is 302 g/mol. The molecule has 0 bridgehead atoms. The molecule has 0 aliphatic rings. The van der Waals surface area contributed by atoms with E-state index in [-0.39, 0.29) is 31.9 Å². The minimum Gasteiger partial charge on any atom is -0.480 e. The van der Waals surface area contributed by atoms with Crippen LogP contribution in [-0.2, 0) is 14.3 Å². The molecular formula is C13H16F2N2O4. The largest absolute Gasteiger partial charge is 0.480 e. The number of hydrogen-bond donors (Lipinski definition) is 2. The zero-order chi connectivity index (χ0) is 15.8. The van der Waals surface area contributed by atoms with E-state index in [1.54, 1.807) is 0 Å². The third kappa shape index (κ3) is 6.28. The number of carbonyl (C=O) groups excluding carboxylic acids is 1. The normalized spacial score (nSPS) is 10.7. The molecule has 0 radical (unpaired) electrons. The van der Waals surface area contributed by atoms with Crippen molar-refractivity contribution in [2.45, 2.75) is 0 Å². The number of carboxylic acid groups (broad SMARTS) is 1. The van der Waals surface area contributed by atoms with Gasteiger partial charge >= 0.3 is 5.97 Å². The van der Waals surface area contributed by atoms with Crippen molar-refractivity contribution in [3.8, 4) is 0 Å². The number of aliphatic carboxylic acids is 1. The Kier molecular flexibility index (Phi) is 6.70. The van der Waals surface area contributed by atoms with Crippen molar-refractivity contribution in [1.29, 1.82) is 0 Å². The lowest BCUT2D eigenvalue weighted by Crippen LogP contribution is -2.38. The third-order valence-electron chi connectivity index (χ3n) is 2.54. The Labute approximate surface area is 120 Å². The molecule has 0 spiro atoms. The van der Waals surface area contributed by atoms with Crippen molar-refractivity contribution in [2.24, 2.45) is 0 Å². The molecule has 2 N–H and O–H groups in total. The fourth-order valence-corrected chi connectivity index (χ4v) is 1.61. The van der Waals surface area contributed by atoms with Crippen LogP contribution in [0.2, 0.25) is 0 Å². The van der Waals surface area contributed by atoms with Gasteiger partial charge in [-0.2, -0.15) is 0 Å². The van der Waals surface area contributed by atoms with Crippen LogP contribution >= 0.6 is 0 Å². The number of methoxy groups -OCH3 is 1. The first-order valence-corrected chi connectivity index (χ1v) is 6.10. The van der Waals surface area contributed by atoms with Gasteiger partial charge in [0.15, 0.2) is 0 Å². The van der Waals surface area contributed by atoms with Gasteiger partial charge in [-0.3, -0.25) is 14.5 Å². The van der Waals surface area contributed by atoms with Crippen LogP contribution < -0.4 is 5.32 Å². The summed E-state index contributed by atoms with van der Waals surface area (Å²) < 4.78 is 31.2. The zero-order valence-corrected chi connectivity index (χ0v) is 11.4. The molecule has 0 aliphatic carbocycles. The number of ether oxygens (including phenoxy) is 1. The lowest BCUT2D eigenvalue weighted by atomic mass is 10.3. The molecule has 0 saturated carbocycles. The first kappa shape index (κ1) is 17.0. The first-order valence-electron chi connectivity index (χ1n) is 6.10. The van der Waals surface area contributed by atoms with E-state index in [4.69, 9.17) is 9.84 Å². The zero-order valence-electron chi connectivity index (χ0n) is 11.4. The molecule has 6 nitrogen and oxygen atoms in total. The summed E-state index contributed by atoms with van der Waals surface area (Å²) in [5.74, 6) is -3.20. The van der Waals surface area contributed by atoms with Crippen LogP contribution in [0.1, 0.15) is 0 Å². The number of nitrogens with one attached hydrogen (secondary N) is 1. The molecule has 0 heterocycles. The summed E-state index contributed by atoms with van der Waals surface area (Å²) in [6.45, 7) is -0.162. The van der Waals surface area contributed by atoms with E-state index in [9.17, 15) is 18.4 Å². The van der Waals surface area contributed by atoms with E-state index in [1.165, 1.54) is 12.0 Å². The maximum absolute atomic E-state index is 13.4. The summed E-state index contributed by atoms with van der Waals surface area (Å²) in [5, 5.41) is 10.9. The molecule has 116 valence electrons. The SMILES string of the molecule is COCCN(CC(=O)O)CC(=O)Nc1cc(F)ccc1F. The maximum Gasteiger partial charge on any atom is 0.317 e. The third-order valence-corrected chi connectivity index (χ3v) is 2.54. The fourth-order valence-electron chi connectivity index (χ4n) is 1.61. The van der Waals surface area contributed by atoms with Gasteiger partial charge in [0.2, 0.25) is 5.91 Å². The molecule has 1 amide bonds. The highest BCUT2D eigenvalue weighted by atomic mass is 19.1. The highest BCUT2D eigenvalue weighted by molar-refractivity contribution is 5.92. The van der Waals surface area contributed by atoms with E-state index >= 15 is 0 Å². The minimum atomic E-state index is -1.10. The van der Waals surface area contributed by atoms with Crippen molar-refractivity contribution in [1.82, 2.24) is 4.90 Å². The van der Waals surface area contributed by atoms with Crippen LogP contribution in [0.4, 0.5) is 14.5 Å². The number of hydrogen-bond acceptors (Lipinski definition) is 4. The molecule has 8 heteroatoms. The van der Waals surface area contributed by atoms with Gasteiger partial charge < -0.3 is 15.2 Å². The minimum absolute atomic E-state index is 0.224. The second-order valence-corrected chi connectivity index (χ2v) is 4.27. The number of rotatable bonds is 8. The van der Waals surface area contributed by atoms with Crippen molar-refractivity contribution in [3.63, 3.8) is 0 Å². The Balaban J connectivity index is 2.64. The first-order chi connectivity index (χ1) is 9.92. The van der Waals surface area contributed by atoms with E-state index in [0.717, 1.165) is 18.2 Å². The van der Waals surface area contributed by atoms with Crippen LogP contribution in [0.3, 0.4) is 0 Å². The van der Waals surface area contributed by atoms with Gasteiger partial charge in [0, 0.05) is 19.7 Å². The second-order valence-electron chi connectivity index (χ2n) is 4.27. The Morgan fingerprint density at radius 3 is 2.67 bits per heavy atom. The summed E-state index contributed by atoms with van der Waals surface area (Å²) in [6, 6.07) is 2.68. The number of halogens is 2. The summed E-state index contributed by atoms with van der Waals surface area (Å²) >= 11 is 0. The molecule has 1 rings (SSSR count). The molecule has 1 aromatic rings. The van der Waals surface area contributed by atoms with Crippen LogP contribution in [0, 0.1) is 11.6 Å². The van der Waals surface area contributed by atoms with E-state index in [2.05, 4.69) is 5.32 Å². The smallest absolute Gasteiger partial charge is 0.317 e. The summed E-state index contributed by atoms with van der Waals surface area (Å²) in [4.78, 5) is 23.8. The Bertz CT molecular complexity index is 511. The van der Waals surface area contributed by atoms with Crippen molar-refractivity contribution in [3.05, 3.63) is 29.8 Å². The molecular weight excluding hydrogens is 286 g/mol. The predicted octanol–water partition coefficient (Wildman–Crippen LogP) is 0.936. The molecule has 21 heavy (non-hydrogen) atoms. The quantitative estimate of drug-likeness (QED) is 0.747. The van der Waals surface area contributed by atoms with Gasteiger partial charge in [0.25, 0.3) is 0 Å². The fraction of sp³-hybridized carbons (Fsp3) is 0.385. The average Bonchev–Trinajstić information content (AvgIpc) is 2.39. The number of benzene rings is 1. The van der Waals surface area contributed by atoms with Gasteiger partial charge in [0.1, 0.15) is 11.6 Å². The molecule has 0 fully saturated rings. The van der Waals surface area contributed by atoms with Gasteiger partial charge in [-0.15, -0.1) is 0 Å². The van der Waals surface area contributed by atoms with E-state index in [1.807, 2.05) is 0 Å². The number of anilines is 1. The number of carbonyl (C=O) groups is 2. The molecule has 0 aromatic heterocycles. The second kappa shape index (κ2) is 8.28. The molecule has 0 unspecified atom stereocenters.